The average Bonchev–Trinajstić information content (AvgIpc) is 2.78. The fraction of sp³-hybridized carbons (Fsp3) is 0.538. The molecule has 2 rings (SSSR count). The molecule has 0 saturated carbocycles. The van der Waals surface area contributed by atoms with Gasteiger partial charge in [0.1, 0.15) is 0 Å². The van der Waals surface area contributed by atoms with Crippen molar-refractivity contribution in [3.8, 4) is 0 Å². The van der Waals surface area contributed by atoms with Gasteiger partial charge in [-0.15, -0.1) is 17.9 Å². The van der Waals surface area contributed by atoms with Crippen LogP contribution in [-0.4, -0.2) is 31.1 Å². The average molecular weight is 315 g/mol. The molecule has 1 N–H and O–H groups in total. The molecule has 0 radical (unpaired) electrons. The van der Waals surface area contributed by atoms with Crippen molar-refractivity contribution in [1.29, 1.82) is 0 Å². The molecule has 2 nitrogen and oxygen atoms in total. The summed E-state index contributed by atoms with van der Waals surface area (Å²) in [6.45, 7) is 8.36. The van der Waals surface area contributed by atoms with Gasteiger partial charge < -0.3 is 5.32 Å². The molecular weight excluding hydrogens is 296 g/mol. The first-order chi connectivity index (χ1) is 8.31. The Balaban J connectivity index is 2.08. The fourth-order valence-electron chi connectivity index (χ4n) is 2.28. The van der Waals surface area contributed by atoms with E-state index in [-0.39, 0.29) is 0 Å². The summed E-state index contributed by atoms with van der Waals surface area (Å²) in [6, 6.07) is 2.83. The van der Waals surface area contributed by atoms with E-state index in [1.54, 1.807) is 0 Å². The summed E-state index contributed by atoms with van der Waals surface area (Å²) >= 11 is 5.41. The number of rotatable bonds is 5. The molecule has 1 aliphatic rings. The van der Waals surface area contributed by atoms with Crippen LogP contribution in [0.5, 0.6) is 0 Å². The number of piperazine rings is 1. The van der Waals surface area contributed by atoms with E-state index < -0.39 is 0 Å². The van der Waals surface area contributed by atoms with Crippen LogP contribution in [-0.2, 0) is 0 Å². The summed E-state index contributed by atoms with van der Waals surface area (Å²) in [7, 11) is 0. The van der Waals surface area contributed by atoms with E-state index in [9.17, 15) is 0 Å². The molecule has 94 valence electrons. The second-order valence-corrected chi connectivity index (χ2v) is 6.19. The van der Waals surface area contributed by atoms with E-state index >= 15 is 0 Å². The first-order valence-electron chi connectivity index (χ1n) is 6.11. The molecule has 0 aromatic carbocycles. The molecular formula is C13H19BrN2S. The van der Waals surface area contributed by atoms with Crippen molar-refractivity contribution in [2.45, 2.75) is 18.9 Å². The van der Waals surface area contributed by atoms with Crippen LogP contribution in [0, 0.1) is 0 Å². The first-order valence-corrected chi connectivity index (χ1v) is 7.78. The van der Waals surface area contributed by atoms with Gasteiger partial charge in [0.2, 0.25) is 0 Å². The van der Waals surface area contributed by atoms with Gasteiger partial charge in [-0.25, -0.2) is 0 Å². The van der Waals surface area contributed by atoms with Gasteiger partial charge >= 0.3 is 0 Å². The number of nitrogens with zero attached hydrogens (tertiary/aromatic N) is 1. The fourth-order valence-corrected chi connectivity index (χ4v) is 3.89. The lowest BCUT2D eigenvalue weighted by Gasteiger charge is -2.34. The third-order valence-corrected chi connectivity index (χ3v) is 4.95. The normalized spacial score (nSPS) is 19.1. The van der Waals surface area contributed by atoms with E-state index in [1.807, 2.05) is 17.4 Å². The zero-order chi connectivity index (χ0) is 12.1. The smallest absolute Gasteiger partial charge is 0.0445 e. The molecule has 0 aliphatic carbocycles. The SMILES string of the molecule is C=CCC[C@H](c1cc(Br)cs1)N1CCNCC1. The highest BCUT2D eigenvalue weighted by atomic mass is 79.9. The van der Waals surface area contributed by atoms with Crippen LogP contribution in [0.15, 0.2) is 28.6 Å². The first kappa shape index (κ1) is 13.3. The number of thiophene rings is 1. The van der Waals surface area contributed by atoms with Crippen LogP contribution in [0.25, 0.3) is 0 Å². The minimum absolute atomic E-state index is 0.561. The van der Waals surface area contributed by atoms with Crippen molar-refractivity contribution in [3.05, 3.63) is 33.5 Å². The lowest BCUT2D eigenvalue weighted by Crippen LogP contribution is -2.45. The molecule has 0 spiro atoms. The topological polar surface area (TPSA) is 15.3 Å². The highest BCUT2D eigenvalue weighted by Crippen LogP contribution is 2.32. The second-order valence-electron chi connectivity index (χ2n) is 4.34. The number of halogens is 1. The van der Waals surface area contributed by atoms with Gasteiger partial charge in [-0.1, -0.05) is 6.08 Å². The van der Waals surface area contributed by atoms with Crippen molar-refractivity contribution in [3.63, 3.8) is 0 Å². The molecule has 1 aromatic rings. The summed E-state index contributed by atoms with van der Waals surface area (Å²) in [5.41, 5.74) is 0. The van der Waals surface area contributed by atoms with Gasteiger partial charge in [0.05, 0.1) is 0 Å². The van der Waals surface area contributed by atoms with Gasteiger partial charge in [-0.05, 0) is 34.8 Å². The highest BCUT2D eigenvalue weighted by Gasteiger charge is 2.22. The maximum atomic E-state index is 3.84. The number of nitrogens with one attached hydrogen (secondary N) is 1. The molecule has 1 aromatic heterocycles. The van der Waals surface area contributed by atoms with Crippen molar-refractivity contribution >= 4 is 27.3 Å². The maximum absolute atomic E-state index is 3.84. The lowest BCUT2D eigenvalue weighted by molar-refractivity contribution is 0.168. The Morgan fingerprint density at radius 2 is 2.29 bits per heavy atom. The molecule has 4 heteroatoms. The standard InChI is InChI=1S/C13H19BrN2S/c1-2-3-4-12(13-9-11(14)10-17-13)16-7-5-15-6-8-16/h2,9-10,12,15H,1,3-8H2/t12-/m1/s1. The largest absolute Gasteiger partial charge is 0.314 e. The van der Waals surface area contributed by atoms with Gasteiger partial charge in [0, 0.05) is 47.0 Å². The molecule has 0 unspecified atom stereocenters. The van der Waals surface area contributed by atoms with E-state index in [0.717, 1.165) is 32.6 Å². The molecule has 17 heavy (non-hydrogen) atoms. The summed E-state index contributed by atoms with van der Waals surface area (Å²) < 4.78 is 1.20. The number of hydrogen-bond donors (Lipinski definition) is 1. The predicted molar refractivity (Wildman–Crippen MR) is 78.6 cm³/mol. The van der Waals surface area contributed by atoms with E-state index in [2.05, 4.69) is 44.2 Å². The van der Waals surface area contributed by atoms with Gasteiger partial charge in [-0.3, -0.25) is 4.90 Å². The summed E-state index contributed by atoms with van der Waals surface area (Å²) in [5, 5.41) is 5.59. The van der Waals surface area contributed by atoms with Gasteiger partial charge in [0.15, 0.2) is 0 Å². The Morgan fingerprint density at radius 1 is 1.53 bits per heavy atom. The summed E-state index contributed by atoms with van der Waals surface area (Å²) in [6.07, 6.45) is 4.29. The Kier molecular flexibility index (Phi) is 5.22. The highest BCUT2D eigenvalue weighted by molar-refractivity contribution is 9.10. The summed E-state index contributed by atoms with van der Waals surface area (Å²) in [5.74, 6) is 0. The molecule has 0 bridgehead atoms. The van der Waals surface area contributed by atoms with Crippen LogP contribution in [0.2, 0.25) is 0 Å². The Labute approximate surface area is 116 Å². The molecule has 2 heterocycles. The van der Waals surface area contributed by atoms with Crippen molar-refractivity contribution in [2.75, 3.05) is 26.2 Å². The van der Waals surface area contributed by atoms with E-state index in [4.69, 9.17) is 0 Å². The predicted octanol–water partition coefficient (Wildman–Crippen LogP) is 3.42. The summed E-state index contributed by atoms with van der Waals surface area (Å²) in [4.78, 5) is 4.07. The Hall–Kier alpha value is -0.160. The van der Waals surface area contributed by atoms with Gasteiger partial charge in [0.25, 0.3) is 0 Å². The van der Waals surface area contributed by atoms with Crippen molar-refractivity contribution in [2.24, 2.45) is 0 Å². The zero-order valence-corrected chi connectivity index (χ0v) is 12.4. The monoisotopic (exact) mass is 314 g/mol. The third kappa shape index (κ3) is 3.65. The van der Waals surface area contributed by atoms with Crippen molar-refractivity contribution in [1.82, 2.24) is 10.2 Å². The third-order valence-electron chi connectivity index (χ3n) is 3.15. The Bertz CT molecular complexity index is 358. The van der Waals surface area contributed by atoms with Crippen LogP contribution in [0.3, 0.4) is 0 Å². The van der Waals surface area contributed by atoms with E-state index in [1.165, 1.54) is 15.8 Å². The van der Waals surface area contributed by atoms with Gasteiger partial charge in [-0.2, -0.15) is 0 Å². The van der Waals surface area contributed by atoms with E-state index in [0.29, 0.717) is 6.04 Å². The molecule has 0 amide bonds. The lowest BCUT2D eigenvalue weighted by atomic mass is 10.1. The molecule has 1 saturated heterocycles. The van der Waals surface area contributed by atoms with Crippen LogP contribution >= 0.6 is 27.3 Å². The number of allylic oxidation sites excluding steroid dienone is 1. The second kappa shape index (κ2) is 6.69. The quantitative estimate of drug-likeness (QED) is 0.838. The number of hydrogen-bond acceptors (Lipinski definition) is 3. The van der Waals surface area contributed by atoms with Crippen LogP contribution < -0.4 is 5.32 Å². The molecule has 1 fully saturated rings. The van der Waals surface area contributed by atoms with Crippen LogP contribution in [0.4, 0.5) is 0 Å². The Morgan fingerprint density at radius 3 is 2.88 bits per heavy atom. The molecule has 1 aliphatic heterocycles. The molecule has 1 atom stereocenters. The minimum Gasteiger partial charge on any atom is -0.314 e. The maximum Gasteiger partial charge on any atom is 0.0445 e. The van der Waals surface area contributed by atoms with Crippen molar-refractivity contribution < 1.29 is 0 Å². The van der Waals surface area contributed by atoms with Crippen LogP contribution in [0.1, 0.15) is 23.8 Å². The zero-order valence-electron chi connectivity index (χ0n) is 9.99. The minimum atomic E-state index is 0.561.